The lowest BCUT2D eigenvalue weighted by molar-refractivity contribution is 0.340. The first-order chi connectivity index (χ1) is 11.3. The van der Waals surface area contributed by atoms with Crippen LogP contribution in [0.5, 0.6) is 0 Å². The maximum absolute atomic E-state index is 4.44. The first-order valence-corrected chi connectivity index (χ1v) is 8.28. The van der Waals surface area contributed by atoms with Crippen molar-refractivity contribution in [3.8, 4) is 0 Å². The zero-order valence-electron chi connectivity index (χ0n) is 13.5. The molecule has 0 radical (unpaired) electrons. The minimum atomic E-state index is 0.463. The average molecular weight is 308 g/mol. The molecule has 3 rings (SSSR count). The van der Waals surface area contributed by atoms with E-state index in [1.54, 1.807) is 0 Å². The zero-order valence-corrected chi connectivity index (χ0v) is 13.5. The molecule has 1 aliphatic heterocycles. The van der Waals surface area contributed by atoms with Crippen LogP contribution in [0.2, 0.25) is 0 Å². The van der Waals surface area contributed by atoms with Crippen LogP contribution in [0.15, 0.2) is 55.4 Å². The zero-order chi connectivity index (χ0) is 15.9. The molecule has 4 heteroatoms. The Kier molecular flexibility index (Phi) is 5.37. The summed E-state index contributed by atoms with van der Waals surface area (Å²) in [5, 5.41) is 3.50. The number of hydrogen-bond donors (Lipinski definition) is 1. The number of benzene rings is 1. The van der Waals surface area contributed by atoms with Crippen LogP contribution in [-0.2, 0) is 12.8 Å². The third-order valence-electron chi connectivity index (χ3n) is 4.24. The number of allylic oxidation sites excluding steroid dienone is 1. The molecule has 4 nitrogen and oxygen atoms in total. The normalized spacial score (nSPS) is 18.0. The molecule has 1 saturated heterocycles. The Labute approximate surface area is 138 Å². The van der Waals surface area contributed by atoms with Crippen LogP contribution in [0.4, 0.5) is 5.82 Å². The van der Waals surface area contributed by atoms with E-state index in [4.69, 9.17) is 0 Å². The topological polar surface area (TPSA) is 41.1 Å². The van der Waals surface area contributed by atoms with Gasteiger partial charge in [0.1, 0.15) is 5.82 Å². The highest BCUT2D eigenvalue weighted by Crippen LogP contribution is 2.14. The summed E-state index contributed by atoms with van der Waals surface area (Å²) < 4.78 is 0. The minimum absolute atomic E-state index is 0.463. The number of hydrogen-bond acceptors (Lipinski definition) is 4. The number of anilines is 1. The van der Waals surface area contributed by atoms with Crippen molar-refractivity contribution >= 4 is 5.82 Å². The van der Waals surface area contributed by atoms with E-state index < -0.39 is 0 Å². The SMILES string of the molecule is C=CCc1cnc(N[C@@H]2CCN(CCc3ccccc3)C2)cn1. The van der Waals surface area contributed by atoms with Crippen LogP contribution in [0.1, 0.15) is 17.7 Å². The Balaban J connectivity index is 1.45. The molecule has 0 spiro atoms. The van der Waals surface area contributed by atoms with E-state index in [0.717, 1.165) is 50.4 Å². The van der Waals surface area contributed by atoms with Gasteiger partial charge in [-0.05, 0) is 18.4 Å². The lowest BCUT2D eigenvalue weighted by Gasteiger charge is -2.17. The molecule has 2 aromatic rings. The number of likely N-dealkylation sites (tertiary alicyclic amines) is 1. The van der Waals surface area contributed by atoms with Gasteiger partial charge in [0.15, 0.2) is 0 Å². The number of aromatic nitrogens is 2. The van der Waals surface area contributed by atoms with Crippen molar-refractivity contribution in [2.45, 2.75) is 25.3 Å². The molecule has 1 atom stereocenters. The Morgan fingerprint density at radius 3 is 2.83 bits per heavy atom. The van der Waals surface area contributed by atoms with E-state index in [0.29, 0.717) is 6.04 Å². The Morgan fingerprint density at radius 2 is 2.09 bits per heavy atom. The van der Waals surface area contributed by atoms with Crippen molar-refractivity contribution in [1.82, 2.24) is 14.9 Å². The summed E-state index contributed by atoms with van der Waals surface area (Å²) in [7, 11) is 0. The first kappa shape index (κ1) is 15.7. The third-order valence-corrected chi connectivity index (χ3v) is 4.24. The second kappa shape index (κ2) is 7.88. The molecule has 2 heterocycles. The molecule has 1 N–H and O–H groups in total. The lowest BCUT2D eigenvalue weighted by atomic mass is 10.1. The molecule has 0 saturated carbocycles. The van der Waals surface area contributed by atoms with E-state index in [9.17, 15) is 0 Å². The van der Waals surface area contributed by atoms with E-state index in [1.165, 1.54) is 5.56 Å². The summed E-state index contributed by atoms with van der Waals surface area (Å²) in [5.74, 6) is 0.868. The smallest absolute Gasteiger partial charge is 0.144 e. The van der Waals surface area contributed by atoms with E-state index in [1.807, 2.05) is 18.5 Å². The van der Waals surface area contributed by atoms with Gasteiger partial charge in [-0.1, -0.05) is 36.4 Å². The molecular formula is C19H24N4. The predicted octanol–water partition coefficient (Wildman–Crippen LogP) is 2.93. The Hall–Kier alpha value is -2.20. The van der Waals surface area contributed by atoms with Crippen molar-refractivity contribution in [3.63, 3.8) is 0 Å². The molecule has 23 heavy (non-hydrogen) atoms. The Bertz CT molecular complexity index is 609. The highest BCUT2D eigenvalue weighted by molar-refractivity contribution is 5.33. The fourth-order valence-corrected chi connectivity index (χ4v) is 2.98. The molecule has 0 bridgehead atoms. The molecule has 0 unspecified atom stereocenters. The van der Waals surface area contributed by atoms with Crippen LogP contribution in [0.25, 0.3) is 0 Å². The summed E-state index contributed by atoms with van der Waals surface area (Å²) in [6.45, 7) is 7.06. The maximum Gasteiger partial charge on any atom is 0.144 e. The molecule has 0 amide bonds. The second-order valence-electron chi connectivity index (χ2n) is 6.05. The van der Waals surface area contributed by atoms with Crippen LogP contribution >= 0.6 is 0 Å². The van der Waals surface area contributed by atoms with E-state index in [-0.39, 0.29) is 0 Å². The summed E-state index contributed by atoms with van der Waals surface area (Å²) in [6, 6.07) is 11.2. The largest absolute Gasteiger partial charge is 0.365 e. The van der Waals surface area contributed by atoms with Gasteiger partial charge >= 0.3 is 0 Å². The van der Waals surface area contributed by atoms with Gasteiger partial charge in [0, 0.05) is 32.1 Å². The molecule has 1 aromatic heterocycles. The van der Waals surface area contributed by atoms with Gasteiger partial charge in [0.25, 0.3) is 0 Å². The standard InChI is InChI=1S/C19H24N4/c1-2-6-17-13-21-19(14-20-17)22-18-10-12-23(15-18)11-9-16-7-4-3-5-8-16/h2-5,7-8,13-14,18H,1,6,9-12,15H2,(H,21,22)/t18-/m1/s1. The second-order valence-corrected chi connectivity index (χ2v) is 6.05. The number of rotatable bonds is 7. The van der Waals surface area contributed by atoms with Crippen molar-refractivity contribution in [2.75, 3.05) is 25.0 Å². The molecule has 0 aliphatic carbocycles. The van der Waals surface area contributed by atoms with Gasteiger partial charge in [0.05, 0.1) is 18.1 Å². The van der Waals surface area contributed by atoms with Gasteiger partial charge in [-0.3, -0.25) is 4.98 Å². The summed E-state index contributed by atoms with van der Waals surface area (Å²) in [4.78, 5) is 11.4. The minimum Gasteiger partial charge on any atom is -0.365 e. The van der Waals surface area contributed by atoms with Crippen molar-refractivity contribution in [2.24, 2.45) is 0 Å². The average Bonchev–Trinajstić information content (AvgIpc) is 3.03. The van der Waals surface area contributed by atoms with Crippen LogP contribution in [0, 0.1) is 0 Å². The summed E-state index contributed by atoms with van der Waals surface area (Å²) >= 11 is 0. The van der Waals surface area contributed by atoms with Crippen molar-refractivity contribution < 1.29 is 0 Å². The van der Waals surface area contributed by atoms with Crippen LogP contribution < -0.4 is 5.32 Å². The van der Waals surface area contributed by atoms with Crippen molar-refractivity contribution in [3.05, 3.63) is 66.6 Å². The van der Waals surface area contributed by atoms with E-state index in [2.05, 4.69) is 57.1 Å². The predicted molar refractivity (Wildman–Crippen MR) is 94.5 cm³/mol. The number of nitrogens with zero attached hydrogens (tertiary/aromatic N) is 3. The monoisotopic (exact) mass is 308 g/mol. The fraction of sp³-hybridized carbons (Fsp3) is 0.368. The van der Waals surface area contributed by atoms with Crippen LogP contribution in [0.3, 0.4) is 0 Å². The Morgan fingerprint density at radius 1 is 1.22 bits per heavy atom. The fourth-order valence-electron chi connectivity index (χ4n) is 2.98. The highest BCUT2D eigenvalue weighted by Gasteiger charge is 2.22. The molecule has 120 valence electrons. The van der Waals surface area contributed by atoms with Gasteiger partial charge in [-0.15, -0.1) is 6.58 Å². The first-order valence-electron chi connectivity index (χ1n) is 8.28. The molecular weight excluding hydrogens is 284 g/mol. The van der Waals surface area contributed by atoms with Crippen molar-refractivity contribution in [1.29, 1.82) is 0 Å². The quantitative estimate of drug-likeness (QED) is 0.799. The lowest BCUT2D eigenvalue weighted by Crippen LogP contribution is -2.28. The maximum atomic E-state index is 4.44. The molecule has 1 aromatic carbocycles. The summed E-state index contributed by atoms with van der Waals surface area (Å²) in [6.07, 6.45) is 8.54. The third kappa shape index (κ3) is 4.63. The van der Waals surface area contributed by atoms with Gasteiger partial charge in [-0.2, -0.15) is 0 Å². The molecule has 1 fully saturated rings. The van der Waals surface area contributed by atoms with Gasteiger partial charge in [0.2, 0.25) is 0 Å². The van der Waals surface area contributed by atoms with Gasteiger partial charge in [-0.25, -0.2) is 4.98 Å². The molecule has 1 aliphatic rings. The number of nitrogens with one attached hydrogen (secondary N) is 1. The van der Waals surface area contributed by atoms with Gasteiger partial charge < -0.3 is 10.2 Å². The highest BCUT2D eigenvalue weighted by atomic mass is 15.2. The van der Waals surface area contributed by atoms with Crippen LogP contribution in [-0.4, -0.2) is 40.5 Å². The summed E-state index contributed by atoms with van der Waals surface area (Å²) in [5.41, 5.74) is 2.37. The van der Waals surface area contributed by atoms with E-state index >= 15 is 0 Å².